The monoisotopic (exact) mass is 299 g/mol. The molecule has 1 heterocycles. The van der Waals surface area contributed by atoms with Gasteiger partial charge in [-0.3, -0.25) is 10.1 Å². The molecule has 0 aliphatic carbocycles. The van der Waals surface area contributed by atoms with E-state index in [9.17, 15) is 18.5 Å². The first-order chi connectivity index (χ1) is 9.34. The van der Waals surface area contributed by atoms with Gasteiger partial charge >= 0.3 is 0 Å². The van der Waals surface area contributed by atoms with Crippen LogP contribution in [0.3, 0.4) is 0 Å². The predicted octanol–water partition coefficient (Wildman–Crippen LogP) is 0.966. The van der Waals surface area contributed by atoms with Gasteiger partial charge in [-0.15, -0.1) is 0 Å². The second kappa shape index (κ2) is 5.47. The minimum atomic E-state index is -3.62. The molecule has 2 rings (SSSR count). The molecule has 0 saturated carbocycles. The summed E-state index contributed by atoms with van der Waals surface area (Å²) >= 11 is 0. The van der Waals surface area contributed by atoms with Crippen LogP contribution in [-0.2, 0) is 10.0 Å². The standard InChI is InChI=1S/C12H17N3O4S/c1-9-10(2)14(8-7-13-9)20(18,19)12-5-3-11(4-6-12)15(16)17/h3-6,9-10,13H,7-8H2,1-2H3. The van der Waals surface area contributed by atoms with Gasteiger partial charge in [-0.1, -0.05) is 0 Å². The predicted molar refractivity (Wildman–Crippen MR) is 73.9 cm³/mol. The second-order valence-electron chi connectivity index (χ2n) is 4.85. The summed E-state index contributed by atoms with van der Waals surface area (Å²) in [6.45, 7) is 4.77. The third kappa shape index (κ3) is 2.67. The number of nitro groups is 1. The van der Waals surface area contributed by atoms with Gasteiger partial charge in [-0.2, -0.15) is 4.31 Å². The maximum Gasteiger partial charge on any atom is 0.269 e. The topological polar surface area (TPSA) is 92.6 Å². The Labute approximate surface area is 117 Å². The van der Waals surface area contributed by atoms with Crippen molar-refractivity contribution in [2.45, 2.75) is 30.8 Å². The van der Waals surface area contributed by atoms with Crippen molar-refractivity contribution in [3.05, 3.63) is 34.4 Å². The SMILES string of the molecule is CC1NCCN(S(=O)(=O)c2ccc([N+](=O)[O-])cc2)C1C. The molecule has 1 aliphatic rings. The van der Waals surface area contributed by atoms with E-state index in [-0.39, 0.29) is 22.7 Å². The van der Waals surface area contributed by atoms with Gasteiger partial charge < -0.3 is 5.32 Å². The van der Waals surface area contributed by atoms with Crippen molar-refractivity contribution in [3.63, 3.8) is 0 Å². The Balaban J connectivity index is 2.32. The number of hydrogen-bond acceptors (Lipinski definition) is 5. The zero-order valence-corrected chi connectivity index (χ0v) is 12.1. The Morgan fingerprint density at radius 2 is 1.90 bits per heavy atom. The molecular formula is C12H17N3O4S. The summed E-state index contributed by atoms with van der Waals surface area (Å²) in [5, 5.41) is 13.8. The van der Waals surface area contributed by atoms with E-state index < -0.39 is 14.9 Å². The second-order valence-corrected chi connectivity index (χ2v) is 6.74. The maximum absolute atomic E-state index is 12.6. The molecule has 0 radical (unpaired) electrons. The molecule has 110 valence electrons. The van der Waals surface area contributed by atoms with Crippen LogP contribution in [0.25, 0.3) is 0 Å². The first kappa shape index (κ1) is 14.9. The summed E-state index contributed by atoms with van der Waals surface area (Å²) in [4.78, 5) is 10.1. The van der Waals surface area contributed by atoms with Crippen LogP contribution in [0.15, 0.2) is 29.2 Å². The van der Waals surface area contributed by atoms with Crippen molar-refractivity contribution in [1.82, 2.24) is 9.62 Å². The third-order valence-corrected chi connectivity index (χ3v) is 5.63. The van der Waals surface area contributed by atoms with Gasteiger partial charge in [0.05, 0.1) is 9.82 Å². The van der Waals surface area contributed by atoms with Gasteiger partial charge in [0, 0.05) is 37.3 Å². The Bertz CT molecular complexity index is 600. The highest BCUT2D eigenvalue weighted by Gasteiger charge is 2.34. The van der Waals surface area contributed by atoms with E-state index in [0.717, 1.165) is 0 Å². The van der Waals surface area contributed by atoms with Crippen molar-refractivity contribution in [3.8, 4) is 0 Å². The van der Waals surface area contributed by atoms with Crippen molar-refractivity contribution in [2.24, 2.45) is 0 Å². The van der Waals surface area contributed by atoms with Gasteiger partial charge in [-0.05, 0) is 26.0 Å². The average molecular weight is 299 g/mol. The average Bonchev–Trinajstić information content (AvgIpc) is 2.41. The lowest BCUT2D eigenvalue weighted by Crippen LogP contribution is -2.57. The summed E-state index contributed by atoms with van der Waals surface area (Å²) in [5.41, 5.74) is -0.120. The number of hydrogen-bond donors (Lipinski definition) is 1. The van der Waals surface area contributed by atoms with E-state index in [1.54, 1.807) is 0 Å². The molecule has 1 aromatic carbocycles. The summed E-state index contributed by atoms with van der Waals surface area (Å²) in [6, 6.07) is 4.90. The first-order valence-electron chi connectivity index (χ1n) is 6.33. The van der Waals surface area contributed by atoms with Crippen LogP contribution < -0.4 is 5.32 Å². The van der Waals surface area contributed by atoms with Gasteiger partial charge in [0.2, 0.25) is 10.0 Å². The highest BCUT2D eigenvalue weighted by atomic mass is 32.2. The molecule has 7 nitrogen and oxygen atoms in total. The summed E-state index contributed by atoms with van der Waals surface area (Å²) < 4.78 is 26.5. The minimum absolute atomic E-state index is 0.0663. The van der Waals surface area contributed by atoms with Crippen molar-refractivity contribution < 1.29 is 13.3 Å². The van der Waals surface area contributed by atoms with Crippen LogP contribution >= 0.6 is 0 Å². The number of rotatable bonds is 3. The highest BCUT2D eigenvalue weighted by Crippen LogP contribution is 2.23. The molecule has 20 heavy (non-hydrogen) atoms. The fourth-order valence-corrected chi connectivity index (χ4v) is 3.94. The fraction of sp³-hybridized carbons (Fsp3) is 0.500. The molecule has 0 amide bonds. The van der Waals surface area contributed by atoms with Crippen molar-refractivity contribution in [1.29, 1.82) is 0 Å². The molecule has 1 aliphatic heterocycles. The molecule has 8 heteroatoms. The largest absolute Gasteiger partial charge is 0.311 e. The van der Waals surface area contributed by atoms with E-state index in [1.165, 1.54) is 28.6 Å². The lowest BCUT2D eigenvalue weighted by atomic mass is 10.1. The van der Waals surface area contributed by atoms with E-state index in [0.29, 0.717) is 13.1 Å². The molecule has 0 bridgehead atoms. The van der Waals surface area contributed by atoms with Crippen LogP contribution in [0.1, 0.15) is 13.8 Å². The normalized spacial score (nSPS) is 24.5. The smallest absolute Gasteiger partial charge is 0.269 e. The lowest BCUT2D eigenvalue weighted by Gasteiger charge is -2.37. The molecule has 0 aromatic heterocycles. The van der Waals surface area contributed by atoms with Gasteiger partial charge in [0.15, 0.2) is 0 Å². The molecule has 1 saturated heterocycles. The molecule has 2 atom stereocenters. The van der Waals surface area contributed by atoms with Crippen LogP contribution in [0.4, 0.5) is 5.69 Å². The molecule has 1 N–H and O–H groups in total. The summed E-state index contributed by atoms with van der Waals surface area (Å²) in [6.07, 6.45) is 0. The fourth-order valence-electron chi connectivity index (χ4n) is 2.24. The zero-order chi connectivity index (χ0) is 14.9. The van der Waals surface area contributed by atoms with Crippen molar-refractivity contribution >= 4 is 15.7 Å². The first-order valence-corrected chi connectivity index (χ1v) is 7.77. The molecule has 1 fully saturated rings. The third-order valence-electron chi connectivity index (χ3n) is 3.63. The Hall–Kier alpha value is -1.51. The summed E-state index contributed by atoms with van der Waals surface area (Å²) in [5.74, 6) is 0. The number of piperazine rings is 1. The number of nitrogens with zero attached hydrogens (tertiary/aromatic N) is 2. The number of nitro benzene ring substituents is 1. The Kier molecular flexibility index (Phi) is 4.07. The Morgan fingerprint density at radius 1 is 1.30 bits per heavy atom. The Morgan fingerprint density at radius 3 is 2.45 bits per heavy atom. The van der Waals surface area contributed by atoms with E-state index >= 15 is 0 Å². The van der Waals surface area contributed by atoms with Crippen LogP contribution in [0.2, 0.25) is 0 Å². The van der Waals surface area contributed by atoms with Crippen LogP contribution in [-0.4, -0.2) is 42.8 Å². The van der Waals surface area contributed by atoms with E-state index in [2.05, 4.69) is 5.32 Å². The lowest BCUT2D eigenvalue weighted by molar-refractivity contribution is -0.384. The summed E-state index contributed by atoms with van der Waals surface area (Å²) in [7, 11) is -3.62. The van der Waals surface area contributed by atoms with Gasteiger partial charge in [0.25, 0.3) is 5.69 Å². The quantitative estimate of drug-likeness (QED) is 0.663. The molecule has 2 unspecified atom stereocenters. The maximum atomic E-state index is 12.6. The van der Waals surface area contributed by atoms with Crippen LogP contribution in [0, 0.1) is 10.1 Å². The molecular weight excluding hydrogens is 282 g/mol. The number of benzene rings is 1. The number of nitrogens with one attached hydrogen (secondary N) is 1. The zero-order valence-electron chi connectivity index (χ0n) is 11.3. The number of sulfonamides is 1. The minimum Gasteiger partial charge on any atom is -0.311 e. The number of non-ortho nitro benzene ring substituents is 1. The highest BCUT2D eigenvalue weighted by molar-refractivity contribution is 7.89. The van der Waals surface area contributed by atoms with Gasteiger partial charge in [-0.25, -0.2) is 8.42 Å². The van der Waals surface area contributed by atoms with Crippen LogP contribution in [0.5, 0.6) is 0 Å². The molecule has 0 spiro atoms. The van der Waals surface area contributed by atoms with E-state index in [1.807, 2.05) is 13.8 Å². The van der Waals surface area contributed by atoms with E-state index in [4.69, 9.17) is 0 Å². The van der Waals surface area contributed by atoms with Crippen molar-refractivity contribution in [2.75, 3.05) is 13.1 Å². The van der Waals surface area contributed by atoms with Gasteiger partial charge in [0.1, 0.15) is 0 Å². The molecule has 1 aromatic rings.